The quantitative estimate of drug-likeness (QED) is 0.249. The van der Waals surface area contributed by atoms with Gasteiger partial charge in [-0.2, -0.15) is 4.98 Å². The molecule has 4 heterocycles. The Morgan fingerprint density at radius 2 is 1.85 bits per heavy atom. The van der Waals surface area contributed by atoms with Gasteiger partial charge in [-0.3, -0.25) is 0 Å². The monoisotopic (exact) mass is 534 g/mol. The molecule has 2 saturated heterocycles. The summed E-state index contributed by atoms with van der Waals surface area (Å²) in [5, 5.41) is 0.412. The van der Waals surface area contributed by atoms with Crippen molar-refractivity contribution >= 4 is 51.3 Å². The molecule has 0 bridgehead atoms. The molecule has 6 atom stereocenters. The maximum atomic E-state index is 6.50. The van der Waals surface area contributed by atoms with Crippen molar-refractivity contribution in [3.8, 4) is 0 Å². The van der Waals surface area contributed by atoms with Crippen LogP contribution in [0.15, 0.2) is 6.33 Å². The van der Waals surface area contributed by atoms with Crippen LogP contribution < -0.4 is 0 Å². The number of aromatic nitrogens is 4. The molecule has 2 aromatic rings. The molecule has 33 heavy (non-hydrogen) atoms. The molecule has 0 radical (unpaired) electrons. The molecule has 12 heteroatoms. The van der Waals surface area contributed by atoms with Crippen molar-refractivity contribution in [3.05, 3.63) is 16.8 Å². The SMILES string of the molecule is CC(C)OP(CCC12PC1C(n1cnc3c(Cl)nc(Cl)nc31)C1OC(C)(C)OC12)OC(C)C. The zero-order chi connectivity index (χ0) is 23.7. The molecular weight excluding hydrogens is 505 g/mol. The van der Waals surface area contributed by atoms with Gasteiger partial charge in [0.05, 0.1) is 30.7 Å². The van der Waals surface area contributed by atoms with Gasteiger partial charge in [0.2, 0.25) is 5.28 Å². The summed E-state index contributed by atoms with van der Waals surface area (Å²) in [7, 11) is -0.209. The van der Waals surface area contributed by atoms with Crippen molar-refractivity contribution in [1.82, 2.24) is 19.5 Å². The Morgan fingerprint density at radius 3 is 2.52 bits per heavy atom. The van der Waals surface area contributed by atoms with E-state index in [2.05, 4.69) is 47.2 Å². The lowest BCUT2D eigenvalue weighted by Crippen LogP contribution is -2.34. The van der Waals surface area contributed by atoms with Crippen molar-refractivity contribution in [2.24, 2.45) is 0 Å². The number of fused-ring (bicyclic) bond motifs is 4. The molecule has 6 unspecified atom stereocenters. The molecule has 182 valence electrons. The standard InChI is InChI=1S/C21H30Cl2N4O4P2/c1-10(2)30-33(31-11(3)4)8-7-21-15-14(28-20(5,6)29-15)13(16(21)32-21)27-9-24-12-17(22)25-19(23)26-18(12)27/h9-11,13-16,32H,7-8H2,1-6H3. The van der Waals surface area contributed by atoms with Crippen LogP contribution in [0.4, 0.5) is 0 Å². The topological polar surface area (TPSA) is 80.5 Å². The highest BCUT2D eigenvalue weighted by Gasteiger charge is 2.75. The highest BCUT2D eigenvalue weighted by atomic mass is 35.5. The Balaban J connectivity index is 1.45. The first kappa shape index (κ1) is 24.5. The molecule has 0 amide bonds. The van der Waals surface area contributed by atoms with Crippen LogP contribution in [0.25, 0.3) is 11.2 Å². The third kappa shape index (κ3) is 4.44. The Morgan fingerprint density at radius 1 is 1.15 bits per heavy atom. The predicted molar refractivity (Wildman–Crippen MR) is 132 cm³/mol. The van der Waals surface area contributed by atoms with E-state index in [1.165, 1.54) is 0 Å². The second kappa shape index (κ2) is 8.74. The van der Waals surface area contributed by atoms with E-state index in [9.17, 15) is 0 Å². The van der Waals surface area contributed by atoms with Gasteiger partial charge in [0.1, 0.15) is 11.6 Å². The summed E-state index contributed by atoms with van der Waals surface area (Å²) >= 11 is 12.4. The maximum absolute atomic E-state index is 6.50. The number of nitrogens with zero attached hydrogens (tertiary/aromatic N) is 4. The Labute approximate surface area is 207 Å². The number of hydrogen-bond acceptors (Lipinski definition) is 7. The fraction of sp³-hybridized carbons (Fsp3) is 0.762. The average molecular weight is 535 g/mol. The summed E-state index contributed by atoms with van der Waals surface area (Å²) in [5.41, 5.74) is 1.60. The molecule has 0 aromatic carbocycles. The highest BCUT2D eigenvalue weighted by molar-refractivity contribution is 7.51. The minimum absolute atomic E-state index is 0.000939. The van der Waals surface area contributed by atoms with Crippen molar-refractivity contribution in [1.29, 1.82) is 0 Å². The third-order valence-corrected chi connectivity index (χ3v) is 10.8. The zero-order valence-electron chi connectivity index (χ0n) is 19.6. The molecule has 2 aliphatic heterocycles. The van der Waals surface area contributed by atoms with Crippen molar-refractivity contribution in [3.63, 3.8) is 0 Å². The molecule has 2 aromatic heterocycles. The lowest BCUT2D eigenvalue weighted by atomic mass is 10.0. The van der Waals surface area contributed by atoms with Gasteiger partial charge in [0.15, 0.2) is 25.0 Å². The van der Waals surface area contributed by atoms with Gasteiger partial charge >= 0.3 is 0 Å². The van der Waals surface area contributed by atoms with E-state index < -0.39 is 14.2 Å². The van der Waals surface area contributed by atoms with Crippen LogP contribution in [-0.4, -0.2) is 66.7 Å². The molecule has 5 rings (SSSR count). The van der Waals surface area contributed by atoms with Gasteiger partial charge < -0.3 is 23.1 Å². The van der Waals surface area contributed by atoms with E-state index in [0.29, 0.717) is 16.8 Å². The largest absolute Gasteiger partial charge is 0.344 e. The van der Waals surface area contributed by atoms with Crippen molar-refractivity contribution < 1.29 is 18.5 Å². The molecule has 0 spiro atoms. The third-order valence-electron chi connectivity index (χ3n) is 6.25. The van der Waals surface area contributed by atoms with Crippen LogP contribution in [-0.2, 0) is 18.5 Å². The number of imidazole rings is 1. The molecule has 3 aliphatic rings. The number of rotatable bonds is 8. The van der Waals surface area contributed by atoms with Gasteiger partial charge in [0.25, 0.3) is 0 Å². The van der Waals surface area contributed by atoms with Gasteiger partial charge in [-0.1, -0.05) is 11.6 Å². The Hall–Kier alpha value is -0.170. The molecule has 0 N–H and O–H groups in total. The second-order valence-corrected chi connectivity index (χ2v) is 14.0. The Kier molecular flexibility index (Phi) is 6.50. The molecule has 1 saturated carbocycles. The van der Waals surface area contributed by atoms with Crippen molar-refractivity contribution in [2.75, 3.05) is 6.16 Å². The van der Waals surface area contributed by atoms with Gasteiger partial charge in [-0.05, 0) is 59.6 Å². The van der Waals surface area contributed by atoms with E-state index >= 15 is 0 Å². The zero-order valence-corrected chi connectivity index (χ0v) is 23.0. The number of ether oxygens (including phenoxy) is 2. The smallest absolute Gasteiger partial charge is 0.225 e. The van der Waals surface area contributed by atoms with E-state index in [-0.39, 0.29) is 46.1 Å². The van der Waals surface area contributed by atoms with Crippen LogP contribution in [0.2, 0.25) is 10.4 Å². The summed E-state index contributed by atoms with van der Waals surface area (Å²) in [6, 6.07) is 0.0467. The lowest BCUT2D eigenvalue weighted by molar-refractivity contribution is -0.155. The van der Waals surface area contributed by atoms with E-state index in [1.54, 1.807) is 6.33 Å². The van der Waals surface area contributed by atoms with Crippen LogP contribution in [0.5, 0.6) is 0 Å². The number of halogens is 2. The van der Waals surface area contributed by atoms with Crippen LogP contribution in [0, 0.1) is 0 Å². The Bertz CT molecular complexity index is 1040. The molecule has 1 aliphatic carbocycles. The summed E-state index contributed by atoms with van der Waals surface area (Å²) in [4.78, 5) is 13.0. The fourth-order valence-corrected chi connectivity index (χ4v) is 9.70. The summed E-state index contributed by atoms with van der Waals surface area (Å²) < 4.78 is 27.3. The van der Waals surface area contributed by atoms with Gasteiger partial charge in [0, 0.05) is 17.0 Å². The predicted octanol–water partition coefficient (Wildman–Crippen LogP) is 5.56. The first-order chi connectivity index (χ1) is 15.5. The van der Waals surface area contributed by atoms with Crippen LogP contribution in [0.3, 0.4) is 0 Å². The molecular formula is C21H30Cl2N4O4P2. The summed E-state index contributed by atoms with van der Waals surface area (Å²) in [6.07, 6.45) is 3.80. The molecule has 3 fully saturated rings. The number of hydrogen-bond donors (Lipinski definition) is 0. The maximum Gasteiger partial charge on any atom is 0.225 e. The normalized spacial score (nSPS) is 33.1. The van der Waals surface area contributed by atoms with Crippen molar-refractivity contribution in [2.45, 2.75) is 95.0 Å². The van der Waals surface area contributed by atoms with E-state index in [4.69, 9.17) is 41.7 Å². The first-order valence-electron chi connectivity index (χ1n) is 11.3. The highest BCUT2D eigenvalue weighted by Crippen LogP contribution is 2.77. The summed E-state index contributed by atoms with van der Waals surface area (Å²) in [5.74, 6) is -0.646. The first-order valence-corrected chi connectivity index (χ1v) is 14.5. The average Bonchev–Trinajstić information content (AvgIpc) is 2.94. The second-order valence-electron chi connectivity index (χ2n) is 9.90. The fourth-order valence-electron chi connectivity index (χ4n) is 5.16. The summed E-state index contributed by atoms with van der Waals surface area (Å²) in [6.45, 7) is 12.2. The molecule has 8 nitrogen and oxygen atoms in total. The minimum Gasteiger partial charge on any atom is -0.344 e. The van der Waals surface area contributed by atoms with Crippen LogP contribution in [0.1, 0.15) is 54.0 Å². The van der Waals surface area contributed by atoms with E-state index in [0.717, 1.165) is 21.2 Å². The minimum atomic E-state index is -0.965. The van der Waals surface area contributed by atoms with E-state index in [1.807, 2.05) is 13.8 Å². The van der Waals surface area contributed by atoms with Gasteiger partial charge in [-0.15, -0.1) is 8.58 Å². The lowest BCUT2D eigenvalue weighted by Gasteiger charge is -2.26. The van der Waals surface area contributed by atoms with Crippen LogP contribution >= 0.6 is 40.2 Å². The van der Waals surface area contributed by atoms with Gasteiger partial charge in [-0.25, -0.2) is 9.97 Å².